The SMILES string of the molecule is COc1cc2c(cc1OC)C(c1cccc(Cl)c1)C1=C(CCCC1=O)N2. The van der Waals surface area contributed by atoms with E-state index in [2.05, 4.69) is 5.32 Å². The van der Waals surface area contributed by atoms with Gasteiger partial charge >= 0.3 is 0 Å². The number of hydrogen-bond acceptors (Lipinski definition) is 4. The van der Waals surface area contributed by atoms with Gasteiger partial charge in [0.05, 0.1) is 14.2 Å². The highest BCUT2D eigenvalue weighted by Gasteiger charge is 2.36. The molecule has 4 nitrogen and oxygen atoms in total. The average molecular weight is 370 g/mol. The third-order valence-corrected chi connectivity index (χ3v) is 5.31. The minimum Gasteiger partial charge on any atom is -0.493 e. The van der Waals surface area contributed by atoms with Crippen LogP contribution in [0.25, 0.3) is 0 Å². The Hall–Kier alpha value is -2.46. The molecule has 1 heterocycles. The number of anilines is 1. The van der Waals surface area contributed by atoms with Crippen molar-refractivity contribution >= 4 is 23.1 Å². The molecular weight excluding hydrogens is 350 g/mol. The Bertz CT molecular complexity index is 919. The lowest BCUT2D eigenvalue weighted by Gasteiger charge is -2.34. The highest BCUT2D eigenvalue weighted by Crippen LogP contribution is 2.48. The number of rotatable bonds is 3. The number of ether oxygens (including phenoxy) is 2. The zero-order valence-corrected chi connectivity index (χ0v) is 15.5. The molecule has 0 radical (unpaired) electrons. The normalized spacial score (nSPS) is 18.7. The molecule has 1 atom stereocenters. The van der Waals surface area contributed by atoms with Crippen molar-refractivity contribution in [2.24, 2.45) is 0 Å². The Balaban J connectivity index is 1.96. The number of hydrogen-bond donors (Lipinski definition) is 1. The number of halogens is 1. The first-order chi connectivity index (χ1) is 12.6. The summed E-state index contributed by atoms with van der Waals surface area (Å²) >= 11 is 6.25. The van der Waals surface area contributed by atoms with Gasteiger partial charge in [0.25, 0.3) is 0 Å². The number of ketones is 1. The van der Waals surface area contributed by atoms with E-state index in [4.69, 9.17) is 21.1 Å². The lowest BCUT2D eigenvalue weighted by atomic mass is 9.75. The molecule has 5 heteroatoms. The zero-order chi connectivity index (χ0) is 18.3. The van der Waals surface area contributed by atoms with Crippen LogP contribution in [0.2, 0.25) is 5.02 Å². The number of Topliss-reactive ketones (excluding diaryl/α,β-unsaturated/α-hetero) is 1. The molecule has 1 aliphatic carbocycles. The molecule has 1 aliphatic heterocycles. The number of carbonyl (C=O) groups is 1. The summed E-state index contributed by atoms with van der Waals surface area (Å²) in [6.45, 7) is 0. The highest BCUT2D eigenvalue weighted by atomic mass is 35.5. The Morgan fingerprint density at radius 1 is 1.08 bits per heavy atom. The fourth-order valence-corrected chi connectivity index (χ4v) is 4.12. The van der Waals surface area contributed by atoms with Gasteiger partial charge in [-0.15, -0.1) is 0 Å². The van der Waals surface area contributed by atoms with Crippen molar-refractivity contribution in [3.8, 4) is 11.5 Å². The molecule has 134 valence electrons. The van der Waals surface area contributed by atoms with Crippen LogP contribution in [0.1, 0.15) is 36.3 Å². The van der Waals surface area contributed by atoms with E-state index >= 15 is 0 Å². The van der Waals surface area contributed by atoms with Crippen molar-refractivity contribution in [2.75, 3.05) is 19.5 Å². The van der Waals surface area contributed by atoms with E-state index in [9.17, 15) is 4.79 Å². The van der Waals surface area contributed by atoms with Crippen molar-refractivity contribution in [2.45, 2.75) is 25.2 Å². The van der Waals surface area contributed by atoms with Crippen molar-refractivity contribution < 1.29 is 14.3 Å². The minimum atomic E-state index is -0.160. The standard InChI is InChI=1S/C21H20ClNO3/c1-25-18-10-14-16(11-19(18)26-2)23-15-7-4-8-17(24)21(15)20(14)12-5-3-6-13(22)9-12/h3,5-6,9-11,20,23H,4,7-8H2,1-2H3. The number of methoxy groups -OCH3 is 2. The van der Waals surface area contributed by atoms with E-state index in [1.807, 2.05) is 36.4 Å². The minimum absolute atomic E-state index is 0.160. The fourth-order valence-electron chi connectivity index (χ4n) is 3.92. The van der Waals surface area contributed by atoms with Gasteiger partial charge in [0.2, 0.25) is 0 Å². The molecule has 0 saturated heterocycles. The van der Waals surface area contributed by atoms with Crippen molar-refractivity contribution in [3.63, 3.8) is 0 Å². The van der Waals surface area contributed by atoms with E-state index < -0.39 is 0 Å². The van der Waals surface area contributed by atoms with E-state index in [-0.39, 0.29) is 11.7 Å². The maximum absolute atomic E-state index is 12.8. The summed E-state index contributed by atoms with van der Waals surface area (Å²) < 4.78 is 10.9. The van der Waals surface area contributed by atoms with Gasteiger partial charge in [0.15, 0.2) is 17.3 Å². The van der Waals surface area contributed by atoms with E-state index in [0.29, 0.717) is 22.9 Å². The van der Waals surface area contributed by atoms with Crippen LogP contribution >= 0.6 is 11.6 Å². The van der Waals surface area contributed by atoms with Crippen molar-refractivity contribution in [3.05, 3.63) is 63.8 Å². The molecule has 4 rings (SSSR count). The Morgan fingerprint density at radius 3 is 2.58 bits per heavy atom. The summed E-state index contributed by atoms with van der Waals surface area (Å²) in [5.74, 6) is 1.35. The van der Waals surface area contributed by atoms with Gasteiger partial charge in [-0.3, -0.25) is 4.79 Å². The van der Waals surface area contributed by atoms with Crippen molar-refractivity contribution in [1.82, 2.24) is 0 Å². The van der Waals surface area contributed by atoms with Crippen LogP contribution in [0.3, 0.4) is 0 Å². The summed E-state index contributed by atoms with van der Waals surface area (Å²) in [5, 5.41) is 4.12. The average Bonchev–Trinajstić information content (AvgIpc) is 2.65. The summed E-state index contributed by atoms with van der Waals surface area (Å²) in [6.07, 6.45) is 2.32. The first-order valence-corrected chi connectivity index (χ1v) is 9.05. The monoisotopic (exact) mass is 369 g/mol. The van der Waals surface area contributed by atoms with Crippen LogP contribution in [0, 0.1) is 0 Å². The van der Waals surface area contributed by atoms with Gasteiger partial charge in [-0.25, -0.2) is 0 Å². The van der Waals surface area contributed by atoms with Crippen LogP contribution in [0.5, 0.6) is 11.5 Å². The second kappa shape index (κ2) is 6.69. The Kier molecular flexibility index (Phi) is 4.37. The van der Waals surface area contributed by atoms with Crippen LogP contribution in [-0.4, -0.2) is 20.0 Å². The predicted octanol–water partition coefficient (Wildman–Crippen LogP) is 4.92. The fraction of sp³-hybridized carbons (Fsp3) is 0.286. The molecule has 0 aromatic heterocycles. The van der Waals surface area contributed by atoms with Gasteiger partial charge in [0, 0.05) is 40.4 Å². The maximum atomic E-state index is 12.8. The number of benzene rings is 2. The second-order valence-corrected chi connectivity index (χ2v) is 7.01. The Labute approximate surface area is 157 Å². The summed E-state index contributed by atoms with van der Waals surface area (Å²) in [5.41, 5.74) is 4.80. The molecule has 0 saturated carbocycles. The first kappa shape index (κ1) is 17.0. The van der Waals surface area contributed by atoms with Crippen molar-refractivity contribution in [1.29, 1.82) is 0 Å². The van der Waals surface area contributed by atoms with Gasteiger partial charge in [0.1, 0.15) is 0 Å². The van der Waals surface area contributed by atoms with Gasteiger partial charge in [-0.1, -0.05) is 23.7 Å². The third kappa shape index (κ3) is 2.74. The molecule has 0 fully saturated rings. The second-order valence-electron chi connectivity index (χ2n) is 6.58. The third-order valence-electron chi connectivity index (χ3n) is 5.08. The van der Waals surface area contributed by atoms with Gasteiger partial charge in [-0.05, 0) is 42.2 Å². The number of allylic oxidation sites excluding steroid dienone is 2. The molecule has 0 amide bonds. The number of fused-ring (bicyclic) bond motifs is 1. The quantitative estimate of drug-likeness (QED) is 0.834. The largest absolute Gasteiger partial charge is 0.493 e. The molecule has 26 heavy (non-hydrogen) atoms. The number of nitrogens with one attached hydrogen (secondary N) is 1. The summed E-state index contributed by atoms with van der Waals surface area (Å²) in [6, 6.07) is 11.6. The zero-order valence-electron chi connectivity index (χ0n) is 14.8. The highest BCUT2D eigenvalue weighted by molar-refractivity contribution is 6.30. The van der Waals surface area contributed by atoms with Crippen LogP contribution in [0.4, 0.5) is 5.69 Å². The summed E-state index contributed by atoms with van der Waals surface area (Å²) in [7, 11) is 3.24. The molecule has 0 spiro atoms. The maximum Gasteiger partial charge on any atom is 0.162 e. The summed E-state index contributed by atoms with van der Waals surface area (Å²) in [4.78, 5) is 12.8. The molecule has 1 N–H and O–H groups in total. The van der Waals surface area contributed by atoms with Crippen LogP contribution in [-0.2, 0) is 4.79 Å². The molecule has 0 bridgehead atoms. The predicted molar refractivity (Wildman–Crippen MR) is 102 cm³/mol. The van der Waals surface area contributed by atoms with Crippen LogP contribution in [0.15, 0.2) is 47.7 Å². The van der Waals surface area contributed by atoms with Gasteiger partial charge in [-0.2, -0.15) is 0 Å². The molecular formula is C21H20ClNO3. The smallest absolute Gasteiger partial charge is 0.162 e. The van der Waals surface area contributed by atoms with E-state index in [1.54, 1.807) is 14.2 Å². The number of carbonyl (C=O) groups excluding carboxylic acids is 1. The topological polar surface area (TPSA) is 47.6 Å². The Morgan fingerprint density at radius 2 is 1.85 bits per heavy atom. The molecule has 2 aromatic carbocycles. The molecule has 2 aromatic rings. The first-order valence-electron chi connectivity index (χ1n) is 8.67. The van der Waals surface area contributed by atoms with Gasteiger partial charge < -0.3 is 14.8 Å². The van der Waals surface area contributed by atoms with E-state index in [1.165, 1.54) is 0 Å². The molecule has 2 aliphatic rings. The lowest BCUT2D eigenvalue weighted by Crippen LogP contribution is -2.27. The van der Waals surface area contributed by atoms with E-state index in [0.717, 1.165) is 40.9 Å². The molecule has 1 unspecified atom stereocenters. The lowest BCUT2D eigenvalue weighted by molar-refractivity contribution is -0.116. The van der Waals surface area contributed by atoms with Crippen LogP contribution < -0.4 is 14.8 Å².